The van der Waals surface area contributed by atoms with Crippen LogP contribution in [-0.2, 0) is 16.1 Å². The van der Waals surface area contributed by atoms with Gasteiger partial charge in [-0.25, -0.2) is 9.98 Å². The van der Waals surface area contributed by atoms with Crippen molar-refractivity contribution in [3.05, 3.63) is 45.9 Å². The highest BCUT2D eigenvalue weighted by Crippen LogP contribution is 2.20. The average molecular weight is 414 g/mol. The number of aromatic nitrogens is 1. The third kappa shape index (κ3) is 6.89. The van der Waals surface area contributed by atoms with E-state index in [1.807, 2.05) is 37.2 Å². The Balaban J connectivity index is 1.99. The zero-order valence-electron chi connectivity index (χ0n) is 17.2. The molecule has 8 heteroatoms. The topological polar surface area (TPSA) is 78.9 Å². The third-order valence-corrected chi connectivity index (χ3v) is 5.11. The lowest BCUT2D eigenvalue weighted by Crippen LogP contribution is -2.39. The largest absolute Gasteiger partial charge is 0.375 e. The zero-order valence-corrected chi connectivity index (χ0v) is 18.0. The van der Waals surface area contributed by atoms with Crippen molar-refractivity contribution in [1.82, 2.24) is 15.2 Å². The van der Waals surface area contributed by atoms with Crippen LogP contribution >= 0.6 is 11.3 Å². The summed E-state index contributed by atoms with van der Waals surface area (Å²) in [6, 6.07) is 7.15. The molecular weight excluding hydrogens is 386 g/mol. The molecule has 0 aliphatic carbocycles. The number of amides is 1. The van der Waals surface area contributed by atoms with Crippen LogP contribution in [0.15, 0.2) is 34.6 Å². The highest BCUT2D eigenvalue weighted by atomic mass is 32.1. The molecule has 0 saturated carbocycles. The van der Waals surface area contributed by atoms with Gasteiger partial charge < -0.3 is 20.3 Å². The molecule has 7 nitrogen and oxygen atoms in total. The molecule has 0 fully saturated rings. The number of rotatable bonds is 8. The maximum absolute atomic E-state index is 12.3. The Kier molecular flexibility index (Phi) is 8.65. The molecule has 154 valence electrons. The number of thiazole rings is 1. The minimum atomic E-state index is -0.215. The second-order valence-electron chi connectivity index (χ2n) is 6.35. The first kappa shape index (κ1) is 22.4. The van der Waals surface area contributed by atoms with Crippen LogP contribution in [0.5, 0.6) is 0 Å². The Hall–Kier alpha value is -2.89. The van der Waals surface area contributed by atoms with Gasteiger partial charge in [0.1, 0.15) is 17.7 Å². The van der Waals surface area contributed by atoms with Crippen molar-refractivity contribution >= 4 is 28.9 Å². The lowest BCUT2D eigenvalue weighted by atomic mass is 10.2. The van der Waals surface area contributed by atoms with Crippen molar-refractivity contribution in [2.24, 2.45) is 4.99 Å². The van der Waals surface area contributed by atoms with E-state index >= 15 is 0 Å². The quantitative estimate of drug-likeness (QED) is 0.395. The van der Waals surface area contributed by atoms with Crippen molar-refractivity contribution in [1.29, 1.82) is 0 Å². The zero-order chi connectivity index (χ0) is 21.2. The van der Waals surface area contributed by atoms with E-state index in [1.165, 1.54) is 0 Å². The van der Waals surface area contributed by atoms with Gasteiger partial charge in [0.05, 0.1) is 12.2 Å². The van der Waals surface area contributed by atoms with Crippen molar-refractivity contribution < 1.29 is 9.53 Å². The SMILES string of the molecule is C#Cc1cccc(NC(=O)CN=C(NCC)N(C)Cc2csc(C(C)OC)n2)c1. The molecule has 2 N–H and O–H groups in total. The van der Waals surface area contributed by atoms with Crippen LogP contribution in [0, 0.1) is 12.3 Å². The van der Waals surface area contributed by atoms with E-state index < -0.39 is 0 Å². The standard InChI is InChI=1S/C21H27N5O2S/c1-6-16-9-8-10-17(11-16)24-19(27)12-23-21(22-7-2)26(4)13-18-14-29-20(25-18)15(3)28-5/h1,8-11,14-15H,7,12-13H2,2-5H3,(H,22,23)(H,24,27). The van der Waals surface area contributed by atoms with Crippen LogP contribution in [0.4, 0.5) is 5.69 Å². The number of guanidine groups is 1. The number of carbonyl (C=O) groups excluding carboxylic acids is 1. The number of benzene rings is 1. The lowest BCUT2D eigenvalue weighted by molar-refractivity contribution is -0.114. The van der Waals surface area contributed by atoms with E-state index in [2.05, 4.69) is 26.5 Å². The predicted octanol–water partition coefficient (Wildman–Crippen LogP) is 2.87. The van der Waals surface area contributed by atoms with Crippen LogP contribution in [0.2, 0.25) is 0 Å². The van der Waals surface area contributed by atoms with Crippen LogP contribution in [0.1, 0.15) is 36.2 Å². The van der Waals surface area contributed by atoms with Crippen molar-refractivity contribution in [3.63, 3.8) is 0 Å². The summed E-state index contributed by atoms with van der Waals surface area (Å²) in [5, 5.41) is 8.96. The minimum Gasteiger partial charge on any atom is -0.375 e. The van der Waals surface area contributed by atoms with Crippen LogP contribution in [-0.4, -0.2) is 49.0 Å². The van der Waals surface area contributed by atoms with Gasteiger partial charge in [-0.15, -0.1) is 17.8 Å². The molecule has 0 aliphatic heterocycles. The first-order valence-electron chi connectivity index (χ1n) is 9.29. The van der Waals surface area contributed by atoms with Crippen molar-refractivity contribution in [2.75, 3.05) is 32.6 Å². The summed E-state index contributed by atoms with van der Waals surface area (Å²) in [5.74, 6) is 2.97. The monoisotopic (exact) mass is 413 g/mol. The Bertz CT molecular complexity index is 887. The molecular formula is C21H27N5O2S. The van der Waals surface area contributed by atoms with E-state index in [4.69, 9.17) is 11.2 Å². The summed E-state index contributed by atoms with van der Waals surface area (Å²) in [4.78, 5) is 23.2. The Labute approximate surface area is 176 Å². The van der Waals surface area contributed by atoms with Gasteiger partial charge in [0.25, 0.3) is 0 Å². The fourth-order valence-corrected chi connectivity index (χ4v) is 3.35. The molecule has 0 spiro atoms. The summed E-state index contributed by atoms with van der Waals surface area (Å²) in [7, 11) is 3.58. The molecule has 0 aliphatic rings. The number of anilines is 1. The van der Waals surface area contributed by atoms with Gasteiger partial charge in [0.15, 0.2) is 5.96 Å². The van der Waals surface area contributed by atoms with Crippen LogP contribution in [0.25, 0.3) is 0 Å². The second kappa shape index (κ2) is 11.2. The molecule has 1 aromatic carbocycles. The van der Waals surface area contributed by atoms with Gasteiger partial charge in [-0.1, -0.05) is 12.0 Å². The molecule has 1 heterocycles. The number of aliphatic imine (C=N–C) groups is 1. The predicted molar refractivity (Wildman–Crippen MR) is 118 cm³/mol. The van der Waals surface area contributed by atoms with Gasteiger partial charge in [0, 0.05) is 37.3 Å². The number of methoxy groups -OCH3 is 1. The average Bonchev–Trinajstić information content (AvgIpc) is 3.19. The van der Waals surface area contributed by atoms with E-state index in [9.17, 15) is 4.79 Å². The number of hydrogen-bond acceptors (Lipinski definition) is 5. The highest BCUT2D eigenvalue weighted by Gasteiger charge is 2.13. The summed E-state index contributed by atoms with van der Waals surface area (Å²) < 4.78 is 5.31. The molecule has 1 aromatic heterocycles. The van der Waals surface area contributed by atoms with E-state index in [0.29, 0.717) is 30.3 Å². The molecule has 0 radical (unpaired) electrons. The first-order valence-corrected chi connectivity index (χ1v) is 10.2. The smallest absolute Gasteiger partial charge is 0.246 e. The molecule has 1 unspecified atom stereocenters. The number of nitrogens with one attached hydrogen (secondary N) is 2. The normalized spacial score (nSPS) is 12.2. The molecule has 2 rings (SSSR count). The van der Waals surface area contributed by atoms with Gasteiger partial charge in [0.2, 0.25) is 5.91 Å². The van der Waals surface area contributed by atoms with Gasteiger partial charge in [-0.2, -0.15) is 0 Å². The van der Waals surface area contributed by atoms with Crippen LogP contribution < -0.4 is 10.6 Å². The Morgan fingerprint density at radius 2 is 2.28 bits per heavy atom. The molecule has 0 bridgehead atoms. The number of hydrogen-bond donors (Lipinski definition) is 2. The van der Waals surface area contributed by atoms with Crippen LogP contribution in [0.3, 0.4) is 0 Å². The molecule has 2 aromatic rings. The minimum absolute atomic E-state index is 0.00399. The summed E-state index contributed by atoms with van der Waals surface area (Å²) >= 11 is 1.57. The second-order valence-corrected chi connectivity index (χ2v) is 7.24. The van der Waals surface area contributed by atoms with E-state index in [-0.39, 0.29) is 18.6 Å². The number of ether oxygens (including phenoxy) is 1. The molecule has 1 amide bonds. The number of terminal acetylenes is 1. The van der Waals surface area contributed by atoms with Gasteiger partial charge in [-0.05, 0) is 32.0 Å². The first-order chi connectivity index (χ1) is 14.0. The summed E-state index contributed by atoms with van der Waals surface area (Å²) in [5.41, 5.74) is 2.30. The maximum atomic E-state index is 12.3. The Morgan fingerprint density at radius 3 is 2.97 bits per heavy atom. The van der Waals surface area contributed by atoms with Crippen molar-refractivity contribution in [2.45, 2.75) is 26.5 Å². The van der Waals surface area contributed by atoms with E-state index in [1.54, 1.807) is 36.6 Å². The van der Waals surface area contributed by atoms with Crippen molar-refractivity contribution in [3.8, 4) is 12.3 Å². The lowest BCUT2D eigenvalue weighted by Gasteiger charge is -2.21. The molecule has 1 atom stereocenters. The summed E-state index contributed by atoms with van der Waals surface area (Å²) in [6.07, 6.45) is 5.36. The van der Waals surface area contributed by atoms with Gasteiger partial charge in [-0.3, -0.25) is 4.79 Å². The number of carbonyl (C=O) groups is 1. The fourth-order valence-electron chi connectivity index (χ4n) is 2.50. The van der Waals surface area contributed by atoms with Gasteiger partial charge >= 0.3 is 0 Å². The molecule has 29 heavy (non-hydrogen) atoms. The fraction of sp³-hybridized carbons (Fsp3) is 0.381. The summed E-state index contributed by atoms with van der Waals surface area (Å²) in [6.45, 7) is 5.21. The maximum Gasteiger partial charge on any atom is 0.246 e. The Morgan fingerprint density at radius 1 is 1.48 bits per heavy atom. The third-order valence-electron chi connectivity index (χ3n) is 4.05. The molecule has 0 saturated heterocycles. The highest BCUT2D eigenvalue weighted by molar-refractivity contribution is 7.09. The number of nitrogens with zero attached hydrogens (tertiary/aromatic N) is 3. The van der Waals surface area contributed by atoms with E-state index in [0.717, 1.165) is 10.7 Å².